The number of benzene rings is 1. The van der Waals surface area contributed by atoms with Crippen molar-refractivity contribution in [1.82, 2.24) is 5.32 Å². The lowest BCUT2D eigenvalue weighted by Crippen LogP contribution is -2.14. The van der Waals surface area contributed by atoms with Gasteiger partial charge in [0.15, 0.2) is 0 Å². The number of rotatable bonds is 4. The quantitative estimate of drug-likeness (QED) is 0.788. The van der Waals surface area contributed by atoms with E-state index in [0.717, 1.165) is 17.0 Å². The van der Waals surface area contributed by atoms with Gasteiger partial charge in [-0.1, -0.05) is 11.6 Å². The molecule has 1 heterocycles. The lowest BCUT2D eigenvalue weighted by Gasteiger charge is -2.05. The molecule has 1 aromatic carbocycles. The van der Waals surface area contributed by atoms with Gasteiger partial charge in [0.2, 0.25) is 0 Å². The van der Waals surface area contributed by atoms with Crippen LogP contribution in [0.2, 0.25) is 5.02 Å². The Morgan fingerprint density at radius 3 is 2.84 bits per heavy atom. The predicted octanol–water partition coefficient (Wildman–Crippen LogP) is 5.22. The average Bonchev–Trinajstić information content (AvgIpc) is 3.05. The molecule has 0 spiro atoms. The van der Waals surface area contributed by atoms with Gasteiger partial charge in [-0.25, -0.2) is 4.39 Å². The van der Waals surface area contributed by atoms with Crippen LogP contribution >= 0.6 is 38.9 Å². The standard InChI is InChI=1S/C14H12BrClFNS/c15-11-5-8(17)6-12(16)14(11)13-4-3-10(19-13)7-18-9-1-2-9/h3-6,9,18H,1-2,7H2. The van der Waals surface area contributed by atoms with Gasteiger partial charge in [0.05, 0.1) is 5.02 Å². The molecular weight excluding hydrogens is 349 g/mol. The fraction of sp³-hybridized carbons (Fsp3) is 0.286. The Labute approximate surface area is 128 Å². The lowest BCUT2D eigenvalue weighted by atomic mass is 10.2. The largest absolute Gasteiger partial charge is 0.309 e. The summed E-state index contributed by atoms with van der Waals surface area (Å²) in [4.78, 5) is 2.33. The zero-order valence-corrected chi connectivity index (χ0v) is 13.2. The Kier molecular flexibility index (Phi) is 3.94. The maximum atomic E-state index is 13.2. The third-order valence-corrected chi connectivity index (χ3v) is 5.08. The number of halogens is 3. The fourth-order valence-corrected chi connectivity index (χ4v) is 4.20. The monoisotopic (exact) mass is 359 g/mol. The van der Waals surface area contributed by atoms with E-state index in [1.165, 1.54) is 29.9 Å². The van der Waals surface area contributed by atoms with Gasteiger partial charge >= 0.3 is 0 Å². The van der Waals surface area contributed by atoms with Gasteiger partial charge in [-0.15, -0.1) is 11.3 Å². The molecule has 0 amide bonds. The van der Waals surface area contributed by atoms with Gasteiger partial charge in [0, 0.05) is 32.4 Å². The maximum Gasteiger partial charge on any atom is 0.125 e. The van der Waals surface area contributed by atoms with Crippen LogP contribution in [0.5, 0.6) is 0 Å². The second-order valence-corrected chi connectivity index (χ2v) is 7.10. The summed E-state index contributed by atoms with van der Waals surface area (Å²) in [7, 11) is 0. The molecule has 19 heavy (non-hydrogen) atoms. The van der Waals surface area contributed by atoms with Crippen LogP contribution in [0, 0.1) is 5.82 Å². The molecule has 3 rings (SSSR count). The van der Waals surface area contributed by atoms with E-state index in [4.69, 9.17) is 11.6 Å². The van der Waals surface area contributed by atoms with Crippen molar-refractivity contribution in [2.24, 2.45) is 0 Å². The van der Waals surface area contributed by atoms with E-state index >= 15 is 0 Å². The molecule has 1 aromatic heterocycles. The minimum absolute atomic E-state index is 0.326. The molecule has 0 radical (unpaired) electrons. The van der Waals surface area contributed by atoms with E-state index in [1.807, 2.05) is 6.07 Å². The first kappa shape index (κ1) is 13.6. The summed E-state index contributed by atoms with van der Waals surface area (Å²) in [6.07, 6.45) is 2.57. The number of hydrogen-bond donors (Lipinski definition) is 1. The van der Waals surface area contributed by atoms with Crippen LogP contribution in [0.1, 0.15) is 17.7 Å². The van der Waals surface area contributed by atoms with E-state index < -0.39 is 0 Å². The van der Waals surface area contributed by atoms with Crippen LogP contribution in [-0.2, 0) is 6.54 Å². The topological polar surface area (TPSA) is 12.0 Å². The van der Waals surface area contributed by atoms with E-state index in [-0.39, 0.29) is 5.82 Å². The third-order valence-electron chi connectivity index (χ3n) is 3.06. The van der Waals surface area contributed by atoms with Crippen LogP contribution in [-0.4, -0.2) is 6.04 Å². The molecule has 0 atom stereocenters. The molecule has 1 N–H and O–H groups in total. The van der Waals surface area contributed by atoms with E-state index in [0.29, 0.717) is 15.5 Å². The summed E-state index contributed by atoms with van der Waals surface area (Å²) in [6, 6.07) is 7.64. The molecule has 2 aromatic rings. The van der Waals surface area contributed by atoms with Crippen LogP contribution < -0.4 is 5.32 Å². The Morgan fingerprint density at radius 1 is 1.37 bits per heavy atom. The van der Waals surface area contributed by atoms with E-state index in [9.17, 15) is 4.39 Å². The van der Waals surface area contributed by atoms with Crippen molar-refractivity contribution in [2.45, 2.75) is 25.4 Å². The molecule has 1 nitrogen and oxygen atoms in total. The van der Waals surface area contributed by atoms with Crippen LogP contribution in [0.3, 0.4) is 0 Å². The Bertz CT molecular complexity index is 586. The van der Waals surface area contributed by atoms with Crippen molar-refractivity contribution in [2.75, 3.05) is 0 Å². The molecule has 100 valence electrons. The van der Waals surface area contributed by atoms with Crippen LogP contribution in [0.15, 0.2) is 28.7 Å². The van der Waals surface area contributed by atoms with Crippen molar-refractivity contribution in [1.29, 1.82) is 0 Å². The van der Waals surface area contributed by atoms with Gasteiger partial charge in [0.1, 0.15) is 5.82 Å². The Balaban J connectivity index is 1.85. The highest BCUT2D eigenvalue weighted by Gasteiger charge is 2.20. The molecule has 1 aliphatic carbocycles. The Morgan fingerprint density at radius 2 is 2.16 bits per heavy atom. The third kappa shape index (κ3) is 3.19. The lowest BCUT2D eigenvalue weighted by molar-refractivity contribution is 0.627. The summed E-state index contributed by atoms with van der Waals surface area (Å²) >= 11 is 11.2. The highest BCUT2D eigenvalue weighted by Crippen LogP contribution is 2.39. The summed E-state index contributed by atoms with van der Waals surface area (Å²) in [6.45, 7) is 0.895. The fourth-order valence-electron chi connectivity index (χ4n) is 1.92. The number of nitrogens with one attached hydrogen (secondary N) is 1. The van der Waals surface area contributed by atoms with E-state index in [1.54, 1.807) is 11.3 Å². The first-order valence-corrected chi connectivity index (χ1v) is 8.09. The summed E-state index contributed by atoms with van der Waals surface area (Å²) in [5.41, 5.74) is 0.866. The second-order valence-electron chi connectivity index (χ2n) is 4.67. The van der Waals surface area contributed by atoms with Gasteiger partial charge in [-0.3, -0.25) is 0 Å². The predicted molar refractivity (Wildman–Crippen MR) is 82.3 cm³/mol. The smallest absolute Gasteiger partial charge is 0.125 e. The minimum Gasteiger partial charge on any atom is -0.309 e. The highest BCUT2D eigenvalue weighted by atomic mass is 79.9. The van der Waals surface area contributed by atoms with Gasteiger partial charge in [-0.2, -0.15) is 0 Å². The van der Waals surface area contributed by atoms with Crippen LogP contribution in [0.4, 0.5) is 4.39 Å². The molecule has 0 bridgehead atoms. The number of hydrogen-bond acceptors (Lipinski definition) is 2. The van der Waals surface area contributed by atoms with Crippen molar-refractivity contribution >= 4 is 38.9 Å². The Hall–Kier alpha value is -0.420. The normalized spacial score (nSPS) is 14.9. The molecule has 1 aliphatic rings. The summed E-state index contributed by atoms with van der Waals surface area (Å²) in [5.74, 6) is -0.326. The van der Waals surface area contributed by atoms with E-state index in [2.05, 4.69) is 27.3 Å². The van der Waals surface area contributed by atoms with Crippen molar-refractivity contribution in [3.8, 4) is 10.4 Å². The zero-order chi connectivity index (χ0) is 13.4. The summed E-state index contributed by atoms with van der Waals surface area (Å²) in [5, 5.41) is 3.92. The molecule has 1 saturated carbocycles. The number of thiophene rings is 1. The first-order valence-electron chi connectivity index (χ1n) is 6.10. The molecule has 0 saturated heterocycles. The SMILES string of the molecule is Fc1cc(Cl)c(-c2ccc(CNC3CC3)s2)c(Br)c1. The van der Waals surface area contributed by atoms with Gasteiger partial charge in [-0.05, 0) is 53.0 Å². The maximum absolute atomic E-state index is 13.2. The van der Waals surface area contributed by atoms with Crippen molar-refractivity contribution in [3.63, 3.8) is 0 Å². The summed E-state index contributed by atoms with van der Waals surface area (Å²) < 4.78 is 13.9. The minimum atomic E-state index is -0.326. The van der Waals surface area contributed by atoms with Gasteiger partial charge < -0.3 is 5.32 Å². The van der Waals surface area contributed by atoms with Gasteiger partial charge in [0.25, 0.3) is 0 Å². The molecule has 1 fully saturated rings. The highest BCUT2D eigenvalue weighted by molar-refractivity contribution is 9.10. The van der Waals surface area contributed by atoms with Crippen LogP contribution in [0.25, 0.3) is 10.4 Å². The van der Waals surface area contributed by atoms with Crippen molar-refractivity contribution in [3.05, 3.63) is 44.5 Å². The molecule has 0 aliphatic heterocycles. The van der Waals surface area contributed by atoms with Crippen molar-refractivity contribution < 1.29 is 4.39 Å². The average molecular weight is 361 g/mol. The molecule has 5 heteroatoms. The zero-order valence-electron chi connectivity index (χ0n) is 10.1. The molecular formula is C14H12BrClFNS. The second kappa shape index (κ2) is 5.52. The first-order chi connectivity index (χ1) is 9.13. The molecule has 0 unspecified atom stereocenters.